The average Bonchev–Trinajstić information content (AvgIpc) is 3.05. The molecular weight excluding hydrogens is 278 g/mol. The number of carbonyl (C=O) groups is 1. The molecule has 5 nitrogen and oxygen atoms in total. The molecule has 1 atom stereocenters. The van der Waals surface area contributed by atoms with E-state index in [9.17, 15) is 9.90 Å². The maximum atomic E-state index is 11.3. The molecular formula is C17H21N3O2. The van der Waals surface area contributed by atoms with Gasteiger partial charge in [-0.2, -0.15) is 0 Å². The Morgan fingerprint density at radius 2 is 2.18 bits per heavy atom. The Kier molecular flexibility index (Phi) is 3.98. The summed E-state index contributed by atoms with van der Waals surface area (Å²) in [7, 11) is 2.04. The molecule has 1 aliphatic heterocycles. The quantitative estimate of drug-likeness (QED) is 0.942. The molecule has 0 amide bonds. The molecule has 0 bridgehead atoms. The minimum atomic E-state index is -0.855. The van der Waals surface area contributed by atoms with Crippen LogP contribution in [-0.2, 0) is 13.6 Å². The molecule has 1 aliphatic rings. The van der Waals surface area contributed by atoms with E-state index in [2.05, 4.69) is 20.6 Å². The van der Waals surface area contributed by atoms with Crippen LogP contribution in [0.4, 0.5) is 0 Å². The van der Waals surface area contributed by atoms with Crippen LogP contribution in [0, 0.1) is 6.92 Å². The molecule has 0 spiro atoms. The molecule has 1 aromatic heterocycles. The zero-order valence-electron chi connectivity index (χ0n) is 13.0. The van der Waals surface area contributed by atoms with Crippen molar-refractivity contribution in [1.82, 2.24) is 14.5 Å². The van der Waals surface area contributed by atoms with Gasteiger partial charge < -0.3 is 9.67 Å². The molecule has 0 radical (unpaired) electrons. The van der Waals surface area contributed by atoms with Gasteiger partial charge in [-0.3, -0.25) is 4.90 Å². The van der Waals surface area contributed by atoms with E-state index in [1.54, 1.807) is 12.1 Å². The first kappa shape index (κ1) is 14.8. The molecule has 3 rings (SSSR count). The molecule has 116 valence electrons. The fourth-order valence-corrected chi connectivity index (χ4v) is 3.31. The maximum Gasteiger partial charge on any atom is 0.336 e. The molecule has 1 N–H and O–H groups in total. The van der Waals surface area contributed by atoms with E-state index in [0.717, 1.165) is 36.6 Å². The summed E-state index contributed by atoms with van der Waals surface area (Å²) in [6, 6.07) is 7.25. The summed E-state index contributed by atoms with van der Waals surface area (Å²) in [5, 5.41) is 9.28. The molecule has 1 aromatic carbocycles. The van der Waals surface area contributed by atoms with Crippen LogP contribution < -0.4 is 0 Å². The highest BCUT2D eigenvalue weighted by atomic mass is 16.4. The van der Waals surface area contributed by atoms with E-state index < -0.39 is 5.97 Å². The third-order valence-corrected chi connectivity index (χ3v) is 4.31. The number of likely N-dealkylation sites (tertiary alicyclic amines) is 1. The van der Waals surface area contributed by atoms with Gasteiger partial charge in [0.25, 0.3) is 0 Å². The zero-order chi connectivity index (χ0) is 15.7. The van der Waals surface area contributed by atoms with Crippen LogP contribution in [0.25, 0.3) is 0 Å². The van der Waals surface area contributed by atoms with Gasteiger partial charge in [0.2, 0.25) is 0 Å². The lowest BCUT2D eigenvalue weighted by molar-refractivity contribution is 0.0694. The second kappa shape index (κ2) is 5.93. The predicted molar refractivity (Wildman–Crippen MR) is 84.0 cm³/mol. The standard InChI is InChI=1S/C17H21N3O2/c1-12-9-19(2)16(18-12)14-7-8-20(11-14)10-13-5-3-4-6-15(13)17(21)22/h3-6,9,14H,7-8,10-11H2,1-2H3,(H,21,22). The van der Waals surface area contributed by atoms with E-state index in [-0.39, 0.29) is 0 Å². The summed E-state index contributed by atoms with van der Waals surface area (Å²) < 4.78 is 2.11. The fourth-order valence-electron chi connectivity index (χ4n) is 3.31. The number of aryl methyl sites for hydroxylation is 2. The molecule has 2 aromatic rings. The first-order chi connectivity index (χ1) is 10.5. The SMILES string of the molecule is Cc1cn(C)c(C2CCN(Cc3ccccc3C(=O)O)C2)n1. The Morgan fingerprint density at radius 3 is 2.86 bits per heavy atom. The molecule has 2 heterocycles. The maximum absolute atomic E-state index is 11.3. The van der Waals surface area contributed by atoms with Crippen LogP contribution >= 0.6 is 0 Å². The Hall–Kier alpha value is -2.14. The summed E-state index contributed by atoms with van der Waals surface area (Å²) >= 11 is 0. The molecule has 0 saturated carbocycles. The number of aromatic nitrogens is 2. The summed E-state index contributed by atoms with van der Waals surface area (Å²) in [5.41, 5.74) is 2.33. The number of carboxylic acids is 1. The number of hydrogen-bond acceptors (Lipinski definition) is 3. The third kappa shape index (κ3) is 2.90. The number of hydrogen-bond donors (Lipinski definition) is 1. The van der Waals surface area contributed by atoms with Crippen molar-refractivity contribution in [1.29, 1.82) is 0 Å². The smallest absolute Gasteiger partial charge is 0.336 e. The van der Waals surface area contributed by atoms with Crippen molar-refractivity contribution in [3.8, 4) is 0 Å². The lowest BCUT2D eigenvalue weighted by Gasteiger charge is -2.17. The van der Waals surface area contributed by atoms with E-state index in [1.807, 2.05) is 26.1 Å². The average molecular weight is 299 g/mol. The van der Waals surface area contributed by atoms with Crippen molar-refractivity contribution in [2.24, 2.45) is 7.05 Å². The van der Waals surface area contributed by atoms with Crippen molar-refractivity contribution < 1.29 is 9.90 Å². The van der Waals surface area contributed by atoms with Gasteiger partial charge in [0.1, 0.15) is 5.82 Å². The first-order valence-electron chi connectivity index (χ1n) is 7.58. The van der Waals surface area contributed by atoms with Crippen molar-refractivity contribution in [2.45, 2.75) is 25.8 Å². The molecule has 5 heteroatoms. The Bertz CT molecular complexity index is 693. The highest BCUT2D eigenvalue weighted by Crippen LogP contribution is 2.27. The largest absolute Gasteiger partial charge is 0.478 e. The van der Waals surface area contributed by atoms with Crippen LogP contribution in [0.2, 0.25) is 0 Å². The number of aromatic carboxylic acids is 1. The number of carboxylic acid groups (broad SMARTS) is 1. The Balaban J connectivity index is 1.72. The summed E-state index contributed by atoms with van der Waals surface area (Å²) in [5.74, 6) is 0.702. The Morgan fingerprint density at radius 1 is 1.41 bits per heavy atom. The third-order valence-electron chi connectivity index (χ3n) is 4.31. The Labute approximate surface area is 130 Å². The summed E-state index contributed by atoms with van der Waals surface area (Å²) in [6.07, 6.45) is 3.12. The molecule has 1 unspecified atom stereocenters. The van der Waals surface area contributed by atoms with Gasteiger partial charge in [-0.1, -0.05) is 18.2 Å². The summed E-state index contributed by atoms with van der Waals surface area (Å²) in [4.78, 5) is 18.2. The highest BCUT2D eigenvalue weighted by Gasteiger charge is 2.27. The normalized spacial score (nSPS) is 18.7. The molecule has 22 heavy (non-hydrogen) atoms. The van der Waals surface area contributed by atoms with Crippen LogP contribution in [-0.4, -0.2) is 38.6 Å². The number of imidazole rings is 1. The van der Waals surface area contributed by atoms with Crippen molar-refractivity contribution in [2.75, 3.05) is 13.1 Å². The van der Waals surface area contributed by atoms with Gasteiger partial charge >= 0.3 is 5.97 Å². The highest BCUT2D eigenvalue weighted by molar-refractivity contribution is 5.89. The van der Waals surface area contributed by atoms with E-state index in [4.69, 9.17) is 0 Å². The van der Waals surface area contributed by atoms with Crippen molar-refractivity contribution in [3.63, 3.8) is 0 Å². The fraction of sp³-hybridized carbons (Fsp3) is 0.412. The summed E-state index contributed by atoms with van der Waals surface area (Å²) in [6.45, 7) is 4.60. The van der Waals surface area contributed by atoms with Gasteiger partial charge in [-0.05, 0) is 31.5 Å². The topological polar surface area (TPSA) is 58.4 Å². The van der Waals surface area contributed by atoms with Crippen LogP contribution in [0.3, 0.4) is 0 Å². The number of rotatable bonds is 4. The van der Waals surface area contributed by atoms with Gasteiger partial charge in [0.15, 0.2) is 0 Å². The van der Waals surface area contributed by atoms with Gasteiger partial charge in [-0.15, -0.1) is 0 Å². The molecule has 1 saturated heterocycles. The van der Waals surface area contributed by atoms with E-state index in [1.165, 1.54) is 0 Å². The van der Waals surface area contributed by atoms with Gasteiger partial charge in [0.05, 0.1) is 11.3 Å². The predicted octanol–water partition coefficient (Wildman–Crippen LogP) is 2.42. The zero-order valence-corrected chi connectivity index (χ0v) is 13.0. The van der Waals surface area contributed by atoms with Crippen LogP contribution in [0.1, 0.15) is 39.8 Å². The van der Waals surface area contributed by atoms with Gasteiger partial charge in [0, 0.05) is 32.3 Å². The second-order valence-electron chi connectivity index (χ2n) is 6.03. The molecule has 0 aliphatic carbocycles. The van der Waals surface area contributed by atoms with Gasteiger partial charge in [-0.25, -0.2) is 9.78 Å². The van der Waals surface area contributed by atoms with Crippen molar-refractivity contribution >= 4 is 5.97 Å². The van der Waals surface area contributed by atoms with Crippen LogP contribution in [0.5, 0.6) is 0 Å². The van der Waals surface area contributed by atoms with E-state index in [0.29, 0.717) is 18.0 Å². The molecule has 1 fully saturated rings. The van der Waals surface area contributed by atoms with E-state index >= 15 is 0 Å². The lowest BCUT2D eigenvalue weighted by atomic mass is 10.1. The number of benzene rings is 1. The monoisotopic (exact) mass is 299 g/mol. The lowest BCUT2D eigenvalue weighted by Crippen LogP contribution is -2.21. The first-order valence-corrected chi connectivity index (χ1v) is 7.58. The number of nitrogens with zero attached hydrogens (tertiary/aromatic N) is 3. The van der Waals surface area contributed by atoms with Crippen molar-refractivity contribution in [3.05, 3.63) is 53.1 Å². The minimum absolute atomic E-state index is 0.402. The van der Waals surface area contributed by atoms with Crippen LogP contribution in [0.15, 0.2) is 30.5 Å². The second-order valence-corrected chi connectivity index (χ2v) is 6.03. The minimum Gasteiger partial charge on any atom is -0.478 e.